The number of carbonyl (C=O) groups is 1. The first-order valence-electron chi connectivity index (χ1n) is 12.1. The third kappa shape index (κ3) is 3.99. The van der Waals surface area contributed by atoms with Gasteiger partial charge >= 0.3 is 5.97 Å². The number of piperidine rings is 1. The Bertz CT molecular complexity index is 1360. The number of aromatic nitrogens is 1. The number of esters is 1. The predicted octanol–water partition coefficient (Wildman–Crippen LogP) is 6.46. The quantitative estimate of drug-likeness (QED) is 0.383. The maximum atomic E-state index is 13.6. The third-order valence-corrected chi connectivity index (χ3v) is 8.06. The number of anilines is 1. The van der Waals surface area contributed by atoms with Crippen LogP contribution in [-0.4, -0.2) is 34.4 Å². The summed E-state index contributed by atoms with van der Waals surface area (Å²) >= 11 is 12.9. The van der Waals surface area contributed by atoms with E-state index in [1.165, 1.54) is 0 Å². The average Bonchev–Trinajstić information content (AvgIpc) is 3.55. The van der Waals surface area contributed by atoms with Gasteiger partial charge in [-0.1, -0.05) is 34.4 Å². The molecule has 2 bridgehead atoms. The van der Waals surface area contributed by atoms with Crippen molar-refractivity contribution in [3.8, 4) is 23.1 Å². The molecule has 3 heterocycles. The molecule has 184 valence electrons. The van der Waals surface area contributed by atoms with Gasteiger partial charge in [0.2, 0.25) is 0 Å². The molecule has 1 saturated carbocycles. The van der Waals surface area contributed by atoms with Gasteiger partial charge in [-0.2, -0.15) is 5.26 Å². The number of fused-ring (bicyclic) bond motifs is 2. The molecule has 6 rings (SSSR count). The number of hydrogen-bond acceptors (Lipinski definition) is 7. The summed E-state index contributed by atoms with van der Waals surface area (Å²) in [6, 6.07) is 12.7. The van der Waals surface area contributed by atoms with Gasteiger partial charge in [-0.15, -0.1) is 0 Å². The van der Waals surface area contributed by atoms with Crippen LogP contribution in [0.1, 0.15) is 66.1 Å². The second-order valence-electron chi connectivity index (χ2n) is 9.75. The van der Waals surface area contributed by atoms with Gasteiger partial charge in [0, 0.05) is 48.2 Å². The van der Waals surface area contributed by atoms with Gasteiger partial charge in [0.1, 0.15) is 29.2 Å². The lowest BCUT2D eigenvalue weighted by Gasteiger charge is -2.40. The van der Waals surface area contributed by atoms with Gasteiger partial charge < -0.3 is 19.3 Å². The summed E-state index contributed by atoms with van der Waals surface area (Å²) in [4.78, 5) is 15.8. The number of phenols is 1. The van der Waals surface area contributed by atoms with E-state index >= 15 is 0 Å². The first-order valence-corrected chi connectivity index (χ1v) is 12.9. The molecule has 2 aliphatic heterocycles. The SMILES string of the molecule is N#Cc1ccc(N2[C@@H]3CC[C@H]2C[C@H](OC(=O)c2c(-c4c(Cl)cccc4Cl)noc2C2CC2)C3)cc1O. The standard InChI is InChI=1S/C27H23Cl2N3O4/c28-20-2-1-3-21(29)23(20)25-24(26(36-31-25)14-4-5-14)27(34)35-19-10-16-8-9-17(11-19)32(16)18-7-6-15(13-30)22(33)12-18/h1-3,6-7,12,14,16-17,19,33H,4-5,8-11H2/t16-,17+,19-. The van der Waals surface area contributed by atoms with E-state index in [-0.39, 0.29) is 35.4 Å². The summed E-state index contributed by atoms with van der Waals surface area (Å²) in [5.41, 5.74) is 2.25. The van der Waals surface area contributed by atoms with E-state index in [1.807, 2.05) is 12.1 Å². The lowest BCUT2D eigenvalue weighted by molar-refractivity contribution is 0.0202. The fourth-order valence-electron chi connectivity index (χ4n) is 5.65. The highest BCUT2D eigenvalue weighted by Gasteiger charge is 2.44. The number of benzene rings is 2. The number of ether oxygens (including phenoxy) is 1. The van der Waals surface area contributed by atoms with Crippen molar-refractivity contribution in [2.24, 2.45) is 0 Å². The Hall–Kier alpha value is -3.21. The van der Waals surface area contributed by atoms with E-state index < -0.39 is 5.97 Å². The Balaban J connectivity index is 1.25. The first kappa shape index (κ1) is 23.2. The highest BCUT2D eigenvalue weighted by atomic mass is 35.5. The van der Waals surface area contributed by atoms with Gasteiger partial charge in [0.25, 0.3) is 0 Å². The number of aromatic hydroxyl groups is 1. The molecule has 2 saturated heterocycles. The molecule has 0 radical (unpaired) electrons. The number of halogens is 2. The maximum Gasteiger partial charge on any atom is 0.344 e. The zero-order chi connectivity index (χ0) is 25.0. The monoisotopic (exact) mass is 523 g/mol. The number of nitriles is 1. The Morgan fingerprint density at radius 3 is 2.42 bits per heavy atom. The number of phenolic OH excluding ortho intramolecular Hbond substituents is 1. The fraction of sp³-hybridized carbons (Fsp3) is 0.370. The first-order chi connectivity index (χ1) is 17.4. The van der Waals surface area contributed by atoms with Crippen LogP contribution in [0.5, 0.6) is 5.75 Å². The predicted molar refractivity (Wildman–Crippen MR) is 134 cm³/mol. The Morgan fingerprint density at radius 2 is 1.81 bits per heavy atom. The van der Waals surface area contributed by atoms with Crippen LogP contribution in [0.25, 0.3) is 11.3 Å². The molecule has 3 fully saturated rings. The zero-order valence-electron chi connectivity index (χ0n) is 19.3. The lowest BCUT2D eigenvalue weighted by Crippen LogP contribution is -2.46. The molecule has 1 aliphatic carbocycles. The van der Waals surface area contributed by atoms with Crippen LogP contribution in [0.2, 0.25) is 10.0 Å². The molecule has 36 heavy (non-hydrogen) atoms. The Morgan fingerprint density at radius 1 is 1.11 bits per heavy atom. The molecule has 1 aromatic heterocycles. The van der Waals surface area contributed by atoms with Crippen molar-refractivity contribution in [2.45, 2.75) is 62.6 Å². The molecule has 0 spiro atoms. The van der Waals surface area contributed by atoms with Gasteiger partial charge in [0.15, 0.2) is 5.76 Å². The van der Waals surface area contributed by atoms with Crippen LogP contribution in [0, 0.1) is 11.3 Å². The van der Waals surface area contributed by atoms with Gasteiger partial charge in [-0.3, -0.25) is 0 Å². The number of nitrogens with zero attached hydrogens (tertiary/aromatic N) is 3. The molecule has 7 nitrogen and oxygen atoms in total. The average molecular weight is 524 g/mol. The smallest absolute Gasteiger partial charge is 0.344 e. The van der Waals surface area contributed by atoms with Crippen LogP contribution in [0.4, 0.5) is 5.69 Å². The molecule has 3 atom stereocenters. The second-order valence-corrected chi connectivity index (χ2v) is 10.6. The molecule has 0 unspecified atom stereocenters. The molecule has 3 aliphatic rings. The van der Waals surface area contributed by atoms with Crippen molar-refractivity contribution in [1.82, 2.24) is 5.16 Å². The second kappa shape index (κ2) is 9.02. The summed E-state index contributed by atoms with van der Waals surface area (Å²) < 4.78 is 11.7. The minimum absolute atomic E-state index is 0.0197. The van der Waals surface area contributed by atoms with Crippen molar-refractivity contribution in [2.75, 3.05) is 4.90 Å². The Kier molecular flexibility index (Phi) is 5.82. The molecule has 3 aromatic rings. The minimum Gasteiger partial charge on any atom is -0.506 e. The lowest BCUT2D eigenvalue weighted by atomic mass is 9.98. The summed E-state index contributed by atoms with van der Waals surface area (Å²) in [5, 5.41) is 24.3. The molecule has 1 N–H and O–H groups in total. The summed E-state index contributed by atoms with van der Waals surface area (Å²) in [5.74, 6) is 0.211. The van der Waals surface area contributed by atoms with E-state index in [9.17, 15) is 9.90 Å². The van der Waals surface area contributed by atoms with Crippen LogP contribution in [-0.2, 0) is 4.74 Å². The minimum atomic E-state index is -0.460. The third-order valence-electron chi connectivity index (χ3n) is 7.43. The zero-order valence-corrected chi connectivity index (χ0v) is 20.8. The van der Waals surface area contributed by atoms with E-state index in [4.69, 9.17) is 37.7 Å². The number of hydrogen-bond donors (Lipinski definition) is 1. The highest BCUT2D eigenvalue weighted by Crippen LogP contribution is 2.47. The molecule has 2 aromatic carbocycles. The molecular weight excluding hydrogens is 501 g/mol. The van der Waals surface area contributed by atoms with Gasteiger partial charge in [-0.25, -0.2) is 4.79 Å². The van der Waals surface area contributed by atoms with Crippen LogP contribution < -0.4 is 4.90 Å². The van der Waals surface area contributed by atoms with Gasteiger partial charge in [0.05, 0.1) is 15.6 Å². The van der Waals surface area contributed by atoms with E-state index in [2.05, 4.69) is 10.1 Å². The number of carbonyl (C=O) groups excluding carboxylic acids is 1. The van der Waals surface area contributed by atoms with Crippen molar-refractivity contribution < 1.29 is 19.2 Å². The fourth-order valence-corrected chi connectivity index (χ4v) is 6.23. The molecule has 0 amide bonds. The largest absolute Gasteiger partial charge is 0.506 e. The summed E-state index contributed by atoms with van der Waals surface area (Å²) in [6.07, 6.45) is 4.91. The van der Waals surface area contributed by atoms with Crippen LogP contribution in [0.3, 0.4) is 0 Å². The van der Waals surface area contributed by atoms with Crippen molar-refractivity contribution >= 4 is 34.9 Å². The Labute approximate surface area is 218 Å². The maximum absolute atomic E-state index is 13.6. The van der Waals surface area contributed by atoms with Gasteiger partial charge in [-0.05, 0) is 49.9 Å². The van der Waals surface area contributed by atoms with E-state index in [0.717, 1.165) is 31.4 Å². The van der Waals surface area contributed by atoms with Crippen molar-refractivity contribution in [1.29, 1.82) is 5.26 Å². The van der Waals surface area contributed by atoms with Crippen LogP contribution >= 0.6 is 23.2 Å². The normalized spacial score (nSPS) is 22.9. The van der Waals surface area contributed by atoms with E-state index in [1.54, 1.807) is 30.3 Å². The highest BCUT2D eigenvalue weighted by molar-refractivity contribution is 6.39. The summed E-state index contributed by atoms with van der Waals surface area (Å²) in [6.45, 7) is 0. The topological polar surface area (TPSA) is 99.6 Å². The van der Waals surface area contributed by atoms with Crippen molar-refractivity contribution in [3.63, 3.8) is 0 Å². The molecular formula is C27H23Cl2N3O4. The van der Waals surface area contributed by atoms with Crippen molar-refractivity contribution in [3.05, 3.63) is 63.3 Å². The van der Waals surface area contributed by atoms with E-state index in [0.29, 0.717) is 45.5 Å². The van der Waals surface area contributed by atoms with Crippen LogP contribution in [0.15, 0.2) is 40.9 Å². The number of rotatable bonds is 5. The molecule has 9 heteroatoms. The summed E-state index contributed by atoms with van der Waals surface area (Å²) in [7, 11) is 0.